The van der Waals surface area contributed by atoms with Crippen LogP contribution in [-0.4, -0.2) is 5.60 Å². The molecular formula is C4H10O2PS+. The third kappa shape index (κ3) is 6.41. The molecule has 0 saturated heterocycles. The molecule has 0 fully saturated rings. The van der Waals surface area contributed by atoms with Crippen molar-refractivity contribution >= 4 is 19.5 Å². The summed E-state index contributed by atoms with van der Waals surface area (Å²) >= 11 is 3.58. The first-order valence-corrected chi connectivity index (χ1v) is 4.60. The predicted molar refractivity (Wildman–Crippen MR) is 37.4 cm³/mol. The average Bonchev–Trinajstić information content (AvgIpc) is 1.21. The van der Waals surface area contributed by atoms with Gasteiger partial charge in [-0.05, 0) is 25.3 Å². The zero-order valence-electron chi connectivity index (χ0n) is 5.21. The van der Waals surface area contributed by atoms with E-state index in [0.29, 0.717) is 0 Å². The summed E-state index contributed by atoms with van der Waals surface area (Å²) in [5, 5.41) is 0. The summed E-state index contributed by atoms with van der Waals surface area (Å²) in [6, 6.07) is 0. The van der Waals surface area contributed by atoms with Crippen molar-refractivity contribution in [3.05, 3.63) is 0 Å². The van der Waals surface area contributed by atoms with Crippen LogP contribution in [0.2, 0.25) is 0 Å². The van der Waals surface area contributed by atoms with Crippen LogP contribution in [0.15, 0.2) is 0 Å². The molecule has 0 aromatic heterocycles. The van der Waals surface area contributed by atoms with E-state index in [1.54, 1.807) is 0 Å². The summed E-state index contributed by atoms with van der Waals surface area (Å²) in [6.45, 7) is 5.49. The quantitative estimate of drug-likeness (QED) is 0.462. The Hall–Kier alpha value is 0.410. The molecule has 0 bridgehead atoms. The van der Waals surface area contributed by atoms with Crippen LogP contribution in [0.4, 0.5) is 0 Å². The van der Waals surface area contributed by atoms with E-state index in [-0.39, 0.29) is 5.60 Å². The van der Waals surface area contributed by atoms with E-state index in [4.69, 9.17) is 4.52 Å². The Morgan fingerprint density at radius 1 is 1.50 bits per heavy atom. The molecule has 2 nitrogen and oxygen atoms in total. The lowest BCUT2D eigenvalue weighted by molar-refractivity contribution is 0.149. The van der Waals surface area contributed by atoms with Gasteiger partial charge in [-0.15, -0.1) is 4.52 Å². The summed E-state index contributed by atoms with van der Waals surface area (Å²) < 4.78 is 15.1. The van der Waals surface area contributed by atoms with E-state index >= 15 is 0 Å². The van der Waals surface area contributed by atoms with Gasteiger partial charge in [0.15, 0.2) is 0 Å². The van der Waals surface area contributed by atoms with Crippen molar-refractivity contribution in [1.82, 2.24) is 0 Å². The molecule has 0 spiro atoms. The molecule has 0 aliphatic carbocycles. The van der Waals surface area contributed by atoms with E-state index in [1.807, 2.05) is 20.8 Å². The van der Waals surface area contributed by atoms with Crippen LogP contribution in [0.25, 0.3) is 0 Å². The van der Waals surface area contributed by atoms with Crippen molar-refractivity contribution in [2.75, 3.05) is 0 Å². The van der Waals surface area contributed by atoms with Gasteiger partial charge in [0.25, 0.3) is 0 Å². The van der Waals surface area contributed by atoms with Crippen LogP contribution in [0.3, 0.4) is 0 Å². The standard InChI is InChI=1S/C4H9O2PS/c1-4(2,3)6-7(5)8/h1-3H3/p+1. The number of rotatable bonds is 1. The van der Waals surface area contributed by atoms with Gasteiger partial charge < -0.3 is 0 Å². The minimum absolute atomic E-state index is 0.338. The summed E-state index contributed by atoms with van der Waals surface area (Å²) in [4.78, 5) is 0. The zero-order chi connectivity index (χ0) is 6.78. The summed E-state index contributed by atoms with van der Waals surface area (Å²) in [6.07, 6.45) is 0. The second kappa shape index (κ2) is 2.81. The summed E-state index contributed by atoms with van der Waals surface area (Å²) in [7, 11) is -1.74. The highest BCUT2D eigenvalue weighted by atomic mass is 32.7. The third-order valence-corrected chi connectivity index (χ3v) is 1.30. The number of thiol groups is 1. The van der Waals surface area contributed by atoms with E-state index in [1.165, 1.54) is 0 Å². The first-order valence-electron chi connectivity index (χ1n) is 2.27. The molecule has 48 valence electrons. The topological polar surface area (TPSA) is 26.3 Å². The molecule has 0 amide bonds. The highest BCUT2D eigenvalue weighted by Crippen LogP contribution is 2.33. The van der Waals surface area contributed by atoms with Crippen LogP contribution in [-0.2, 0) is 9.09 Å². The fourth-order valence-electron chi connectivity index (χ4n) is 0.234. The average molecular weight is 153 g/mol. The summed E-state index contributed by atoms with van der Waals surface area (Å²) in [5.41, 5.74) is -0.338. The zero-order valence-corrected chi connectivity index (χ0v) is 7.00. The van der Waals surface area contributed by atoms with Crippen LogP contribution >= 0.6 is 19.5 Å². The Balaban J connectivity index is 3.55. The molecule has 8 heavy (non-hydrogen) atoms. The van der Waals surface area contributed by atoms with Gasteiger partial charge >= 0.3 is 7.23 Å². The molecule has 0 radical (unpaired) electrons. The van der Waals surface area contributed by atoms with Crippen molar-refractivity contribution < 1.29 is 9.09 Å². The van der Waals surface area contributed by atoms with Crippen molar-refractivity contribution in [3.63, 3.8) is 0 Å². The normalized spacial score (nSPS) is 13.8. The van der Waals surface area contributed by atoms with E-state index in [9.17, 15) is 4.57 Å². The van der Waals surface area contributed by atoms with Gasteiger partial charge in [-0.25, -0.2) is 0 Å². The first-order chi connectivity index (χ1) is 3.42. The molecule has 0 aliphatic rings. The number of hydrogen-bond acceptors (Lipinski definition) is 2. The molecule has 0 N–H and O–H groups in total. The smallest absolute Gasteiger partial charge is 0.131 e. The molecule has 0 saturated carbocycles. The molecular weight excluding hydrogens is 143 g/mol. The largest absolute Gasteiger partial charge is 0.582 e. The lowest BCUT2D eigenvalue weighted by Gasteiger charge is -2.06. The van der Waals surface area contributed by atoms with Crippen LogP contribution in [0.5, 0.6) is 0 Å². The van der Waals surface area contributed by atoms with Gasteiger partial charge in [-0.1, -0.05) is 0 Å². The van der Waals surface area contributed by atoms with E-state index < -0.39 is 7.23 Å². The predicted octanol–water partition coefficient (Wildman–Crippen LogP) is 2.39. The molecule has 1 atom stereocenters. The fraction of sp³-hybridized carbons (Fsp3) is 1.00. The van der Waals surface area contributed by atoms with Crippen LogP contribution < -0.4 is 0 Å². The van der Waals surface area contributed by atoms with Crippen molar-refractivity contribution in [2.45, 2.75) is 26.4 Å². The maximum Gasteiger partial charge on any atom is 0.582 e. The molecule has 0 aromatic carbocycles. The van der Waals surface area contributed by atoms with Gasteiger partial charge in [-0.2, -0.15) is 0 Å². The first kappa shape index (κ1) is 8.41. The SMILES string of the molecule is CC(C)(C)O[P+](=O)S. The minimum atomic E-state index is -1.74. The van der Waals surface area contributed by atoms with Crippen molar-refractivity contribution in [2.24, 2.45) is 0 Å². The molecule has 0 aliphatic heterocycles. The van der Waals surface area contributed by atoms with Crippen LogP contribution in [0, 0.1) is 0 Å². The van der Waals surface area contributed by atoms with Gasteiger partial charge in [0.2, 0.25) is 0 Å². The highest BCUT2D eigenvalue weighted by Gasteiger charge is 2.23. The van der Waals surface area contributed by atoms with Crippen molar-refractivity contribution in [1.29, 1.82) is 0 Å². The molecule has 0 heterocycles. The molecule has 1 unspecified atom stereocenters. The van der Waals surface area contributed by atoms with Gasteiger partial charge in [0.05, 0.1) is 0 Å². The number of hydrogen-bond donors (Lipinski definition) is 1. The Labute approximate surface area is 55.6 Å². The maximum atomic E-state index is 10.2. The fourth-order valence-corrected chi connectivity index (χ4v) is 1.44. The second-order valence-corrected chi connectivity index (χ2v) is 4.08. The molecule has 0 rings (SSSR count). The van der Waals surface area contributed by atoms with Crippen LogP contribution in [0.1, 0.15) is 20.8 Å². The lowest BCUT2D eigenvalue weighted by Crippen LogP contribution is -2.13. The van der Waals surface area contributed by atoms with E-state index in [2.05, 4.69) is 12.2 Å². The second-order valence-electron chi connectivity index (χ2n) is 2.44. The Morgan fingerprint density at radius 2 is 1.88 bits per heavy atom. The maximum absolute atomic E-state index is 10.2. The monoisotopic (exact) mass is 153 g/mol. The minimum Gasteiger partial charge on any atom is -0.131 e. The molecule has 0 aromatic rings. The lowest BCUT2D eigenvalue weighted by atomic mass is 10.2. The van der Waals surface area contributed by atoms with E-state index in [0.717, 1.165) is 0 Å². The van der Waals surface area contributed by atoms with Gasteiger partial charge in [0, 0.05) is 0 Å². The van der Waals surface area contributed by atoms with Crippen molar-refractivity contribution in [3.8, 4) is 0 Å². The Morgan fingerprint density at radius 3 is 1.88 bits per heavy atom. The molecule has 4 heteroatoms. The highest BCUT2D eigenvalue weighted by molar-refractivity contribution is 8.39. The van der Waals surface area contributed by atoms with Gasteiger partial charge in [0.1, 0.15) is 17.8 Å². The van der Waals surface area contributed by atoms with Gasteiger partial charge in [-0.3, -0.25) is 0 Å². The summed E-state index contributed by atoms with van der Waals surface area (Å²) in [5.74, 6) is 0. The Bertz CT molecular complexity index is 96.7. The Kier molecular flexibility index (Phi) is 2.95. The third-order valence-electron chi connectivity index (χ3n) is 0.352.